The number of nitrogens with zero attached hydrogens (tertiary/aromatic N) is 2. The predicted molar refractivity (Wildman–Crippen MR) is 68.8 cm³/mol. The van der Waals surface area contributed by atoms with E-state index in [4.69, 9.17) is 5.73 Å². The van der Waals surface area contributed by atoms with Gasteiger partial charge in [-0.3, -0.25) is 4.90 Å². The van der Waals surface area contributed by atoms with E-state index in [1.54, 1.807) is 0 Å². The van der Waals surface area contributed by atoms with E-state index in [0.717, 1.165) is 36.9 Å². The van der Waals surface area contributed by atoms with Gasteiger partial charge < -0.3 is 5.73 Å². The zero-order chi connectivity index (χ0) is 14.0. The van der Waals surface area contributed by atoms with Crippen LogP contribution in [0.4, 0.5) is 13.2 Å². The quantitative estimate of drug-likeness (QED) is 0.931. The number of hydrogen-bond donors (Lipinski definition) is 1. The highest BCUT2D eigenvalue weighted by Crippen LogP contribution is 2.34. The largest absolute Gasteiger partial charge is 0.427 e. The number of nitrogens with two attached hydrogens (primary N) is 1. The van der Waals surface area contributed by atoms with Gasteiger partial charge in [0.1, 0.15) is 9.88 Å². The van der Waals surface area contributed by atoms with Gasteiger partial charge in [-0.15, -0.1) is 11.3 Å². The summed E-state index contributed by atoms with van der Waals surface area (Å²) in [5, 5.41) is 0.514. The zero-order valence-corrected chi connectivity index (χ0v) is 11.6. The number of hydrogen-bond acceptors (Lipinski definition) is 4. The summed E-state index contributed by atoms with van der Waals surface area (Å²) in [7, 11) is 0. The first-order valence-corrected chi connectivity index (χ1v) is 7.19. The van der Waals surface area contributed by atoms with Gasteiger partial charge in [-0.2, -0.15) is 13.2 Å². The molecule has 0 spiro atoms. The Bertz CT molecular complexity index is 419. The Morgan fingerprint density at radius 1 is 1.53 bits per heavy atom. The van der Waals surface area contributed by atoms with E-state index in [-0.39, 0.29) is 6.04 Å². The second-order valence-electron chi connectivity index (χ2n) is 5.01. The third-order valence-corrected chi connectivity index (χ3v) is 4.67. The molecule has 2 heterocycles. The van der Waals surface area contributed by atoms with E-state index in [9.17, 15) is 13.2 Å². The van der Waals surface area contributed by atoms with Crippen molar-refractivity contribution in [3.63, 3.8) is 0 Å². The molecule has 0 radical (unpaired) electrons. The van der Waals surface area contributed by atoms with Gasteiger partial charge in [0.05, 0.1) is 12.7 Å². The lowest BCUT2D eigenvalue weighted by atomic mass is 9.91. The number of alkyl halides is 3. The van der Waals surface area contributed by atoms with Crippen molar-refractivity contribution in [2.45, 2.75) is 38.5 Å². The monoisotopic (exact) mass is 293 g/mol. The molecule has 19 heavy (non-hydrogen) atoms. The molecule has 0 aliphatic carbocycles. The molecular weight excluding hydrogens is 275 g/mol. The number of likely N-dealkylation sites (tertiary alicyclic amines) is 1. The molecule has 108 valence electrons. The third kappa shape index (κ3) is 3.46. The van der Waals surface area contributed by atoms with E-state index in [2.05, 4.69) is 16.8 Å². The normalized spacial score (nSPS) is 25.7. The molecule has 2 rings (SSSR count). The molecule has 2 unspecified atom stereocenters. The van der Waals surface area contributed by atoms with Crippen LogP contribution in [0.3, 0.4) is 0 Å². The van der Waals surface area contributed by atoms with Gasteiger partial charge in [-0.1, -0.05) is 6.92 Å². The summed E-state index contributed by atoms with van der Waals surface area (Å²) in [5.74, 6) is 0.487. The summed E-state index contributed by atoms with van der Waals surface area (Å²) in [6.45, 7) is 4.03. The van der Waals surface area contributed by atoms with Gasteiger partial charge in [-0.05, 0) is 25.3 Å². The van der Waals surface area contributed by atoms with Crippen LogP contribution in [-0.4, -0.2) is 29.0 Å². The molecule has 2 atom stereocenters. The highest BCUT2D eigenvalue weighted by Gasteiger charge is 2.34. The molecule has 0 amide bonds. The third-order valence-electron chi connectivity index (χ3n) is 3.64. The molecule has 0 saturated carbocycles. The molecule has 3 nitrogen and oxygen atoms in total. The highest BCUT2D eigenvalue weighted by molar-refractivity contribution is 7.11. The molecule has 1 fully saturated rings. The summed E-state index contributed by atoms with van der Waals surface area (Å²) in [6.07, 6.45) is -1.18. The lowest BCUT2D eigenvalue weighted by molar-refractivity contribution is -0.134. The number of thiazole rings is 1. The fourth-order valence-electron chi connectivity index (χ4n) is 2.60. The molecule has 0 aromatic carbocycles. The lowest BCUT2D eigenvalue weighted by Crippen LogP contribution is -2.47. The van der Waals surface area contributed by atoms with Crippen molar-refractivity contribution in [3.05, 3.63) is 16.1 Å². The van der Waals surface area contributed by atoms with Crippen molar-refractivity contribution in [1.29, 1.82) is 0 Å². The minimum atomic E-state index is -4.29. The number of piperidine rings is 1. The van der Waals surface area contributed by atoms with E-state index in [1.165, 1.54) is 0 Å². The Morgan fingerprint density at radius 2 is 2.26 bits per heavy atom. The fourth-order valence-corrected chi connectivity index (χ4v) is 3.41. The van der Waals surface area contributed by atoms with Crippen molar-refractivity contribution in [2.75, 3.05) is 13.1 Å². The molecule has 7 heteroatoms. The minimum absolute atomic E-state index is 0.243. The molecule has 0 bridgehead atoms. The maximum atomic E-state index is 12.5. The maximum Gasteiger partial charge on any atom is 0.427 e. The second kappa shape index (κ2) is 5.76. The summed E-state index contributed by atoms with van der Waals surface area (Å²) >= 11 is 0.729. The van der Waals surface area contributed by atoms with Crippen LogP contribution >= 0.6 is 11.3 Å². The van der Waals surface area contributed by atoms with Gasteiger partial charge >= 0.3 is 6.18 Å². The van der Waals surface area contributed by atoms with Crippen molar-refractivity contribution in [3.8, 4) is 0 Å². The average molecular weight is 293 g/mol. The summed E-state index contributed by atoms with van der Waals surface area (Å²) in [6, 6.07) is 0.243. The Hall–Kier alpha value is -0.660. The van der Waals surface area contributed by atoms with Crippen LogP contribution < -0.4 is 5.73 Å². The van der Waals surface area contributed by atoms with Crippen LogP contribution in [-0.2, 0) is 12.7 Å². The summed E-state index contributed by atoms with van der Waals surface area (Å²) in [4.78, 5) is 5.42. The molecule has 1 saturated heterocycles. The van der Waals surface area contributed by atoms with Gasteiger partial charge in [0.25, 0.3) is 0 Å². The van der Waals surface area contributed by atoms with Crippen LogP contribution in [0.15, 0.2) is 6.20 Å². The standard InChI is InChI=1S/C12H18F3N3S/c1-8-3-2-4-18(9(8)5-16)7-11-17-6-10(19-11)12(13,14)15/h6,8-9H,2-5,7,16H2,1H3. The van der Waals surface area contributed by atoms with Crippen LogP contribution in [0.25, 0.3) is 0 Å². The molecule has 1 aliphatic heterocycles. The Labute approximate surface area is 114 Å². The van der Waals surface area contributed by atoms with Crippen LogP contribution in [0.5, 0.6) is 0 Å². The van der Waals surface area contributed by atoms with Crippen LogP contribution in [0.1, 0.15) is 29.7 Å². The Morgan fingerprint density at radius 3 is 2.84 bits per heavy atom. The number of aromatic nitrogens is 1. The first kappa shape index (κ1) is 14.7. The van der Waals surface area contributed by atoms with E-state index in [1.807, 2.05) is 0 Å². The minimum Gasteiger partial charge on any atom is -0.329 e. The van der Waals surface area contributed by atoms with Crippen LogP contribution in [0.2, 0.25) is 0 Å². The zero-order valence-electron chi connectivity index (χ0n) is 10.8. The maximum absolute atomic E-state index is 12.5. The first-order chi connectivity index (χ1) is 8.91. The van der Waals surface area contributed by atoms with Gasteiger partial charge in [0, 0.05) is 12.6 Å². The fraction of sp³-hybridized carbons (Fsp3) is 0.750. The van der Waals surface area contributed by atoms with Gasteiger partial charge in [0.2, 0.25) is 0 Å². The topological polar surface area (TPSA) is 42.2 Å². The van der Waals surface area contributed by atoms with E-state index in [0.29, 0.717) is 24.0 Å². The lowest BCUT2D eigenvalue weighted by Gasteiger charge is -2.38. The van der Waals surface area contributed by atoms with Crippen molar-refractivity contribution < 1.29 is 13.2 Å². The molecule has 1 aromatic heterocycles. The van der Waals surface area contributed by atoms with E-state index < -0.39 is 11.1 Å². The first-order valence-electron chi connectivity index (χ1n) is 6.38. The highest BCUT2D eigenvalue weighted by atomic mass is 32.1. The smallest absolute Gasteiger partial charge is 0.329 e. The molecule has 1 aromatic rings. The Balaban J connectivity index is 2.05. The Kier molecular flexibility index (Phi) is 4.47. The molecule has 1 aliphatic rings. The molecule has 2 N–H and O–H groups in total. The number of halogens is 3. The second-order valence-corrected chi connectivity index (χ2v) is 6.12. The summed E-state index contributed by atoms with van der Waals surface area (Å²) in [5.41, 5.74) is 5.77. The summed E-state index contributed by atoms with van der Waals surface area (Å²) < 4.78 is 37.6. The van der Waals surface area contributed by atoms with Gasteiger partial charge in [-0.25, -0.2) is 4.98 Å². The molecular formula is C12H18F3N3S. The van der Waals surface area contributed by atoms with Crippen LogP contribution in [0, 0.1) is 5.92 Å². The SMILES string of the molecule is CC1CCCN(Cc2ncc(C(F)(F)F)s2)C1CN. The predicted octanol–water partition coefficient (Wildman–Crippen LogP) is 2.72. The van der Waals surface area contributed by atoms with Crippen molar-refractivity contribution in [1.82, 2.24) is 9.88 Å². The number of rotatable bonds is 3. The van der Waals surface area contributed by atoms with E-state index >= 15 is 0 Å². The van der Waals surface area contributed by atoms with Crippen molar-refractivity contribution >= 4 is 11.3 Å². The average Bonchev–Trinajstić information content (AvgIpc) is 2.77. The van der Waals surface area contributed by atoms with Crippen molar-refractivity contribution in [2.24, 2.45) is 11.7 Å². The van der Waals surface area contributed by atoms with Gasteiger partial charge in [0.15, 0.2) is 0 Å².